The molecule has 0 saturated carbocycles. The number of hydrogen-bond donors (Lipinski definition) is 1. The molecule has 1 aromatic rings. The molecule has 0 spiro atoms. The molecule has 2 rings (SSSR count). The molecule has 1 N–H and O–H groups in total. The first kappa shape index (κ1) is 10.2. The summed E-state index contributed by atoms with van der Waals surface area (Å²) in [6.45, 7) is 2.68. The lowest BCUT2D eigenvalue weighted by molar-refractivity contribution is -0.121. The number of likely N-dealkylation sites (N-methyl/N-ethyl adjacent to an activating group) is 1. The molecule has 80 valence electrons. The first-order chi connectivity index (χ1) is 7.20. The lowest BCUT2D eigenvalue weighted by atomic mass is 10.2. The number of hydrogen-bond acceptors (Lipinski definition) is 2. The monoisotopic (exact) mass is 204 g/mol. The third-order valence-electron chi connectivity index (χ3n) is 3.03. The van der Waals surface area contributed by atoms with Crippen LogP contribution < -0.4 is 5.32 Å². The predicted molar refractivity (Wildman–Crippen MR) is 59.3 cm³/mol. The average molecular weight is 204 g/mol. The number of nitrogens with zero attached hydrogens (tertiary/aromatic N) is 1. The van der Waals surface area contributed by atoms with Crippen LogP contribution in [0.15, 0.2) is 30.3 Å². The van der Waals surface area contributed by atoms with E-state index >= 15 is 0 Å². The van der Waals surface area contributed by atoms with E-state index in [4.69, 9.17) is 0 Å². The van der Waals surface area contributed by atoms with E-state index in [9.17, 15) is 4.79 Å². The molecule has 3 heteroatoms. The van der Waals surface area contributed by atoms with E-state index in [1.807, 2.05) is 37.4 Å². The molecule has 1 aliphatic rings. The molecule has 0 aromatic heterocycles. The van der Waals surface area contributed by atoms with Gasteiger partial charge in [-0.3, -0.25) is 9.69 Å². The van der Waals surface area contributed by atoms with Gasteiger partial charge in [-0.05, 0) is 19.5 Å². The minimum atomic E-state index is 0.0775. The molecular formula is C12H16N2O. The van der Waals surface area contributed by atoms with Crippen molar-refractivity contribution in [2.24, 2.45) is 0 Å². The summed E-state index contributed by atoms with van der Waals surface area (Å²) in [5, 5.41) is 2.94. The van der Waals surface area contributed by atoms with Gasteiger partial charge in [0, 0.05) is 12.6 Å². The van der Waals surface area contributed by atoms with E-state index in [2.05, 4.69) is 17.1 Å². The minimum Gasteiger partial charge on any atom is -0.351 e. The third-order valence-corrected chi connectivity index (χ3v) is 3.03. The highest BCUT2D eigenvalue weighted by atomic mass is 16.2. The Hall–Kier alpha value is -1.35. The largest absolute Gasteiger partial charge is 0.351 e. The molecule has 1 amide bonds. The number of carbonyl (C=O) groups excluding carboxylic acids is 1. The van der Waals surface area contributed by atoms with Gasteiger partial charge >= 0.3 is 0 Å². The van der Waals surface area contributed by atoms with Gasteiger partial charge in [0.25, 0.3) is 0 Å². The maximum absolute atomic E-state index is 11.6. The van der Waals surface area contributed by atoms with Crippen LogP contribution in [0.4, 0.5) is 0 Å². The molecule has 3 nitrogen and oxygen atoms in total. The normalized spacial score (nSPS) is 28.5. The van der Waals surface area contributed by atoms with Crippen molar-refractivity contribution in [2.45, 2.75) is 25.6 Å². The highest BCUT2D eigenvalue weighted by Gasteiger charge is 2.45. The molecule has 0 radical (unpaired) electrons. The van der Waals surface area contributed by atoms with E-state index in [0.29, 0.717) is 12.6 Å². The van der Waals surface area contributed by atoms with Gasteiger partial charge in [0.1, 0.15) is 6.04 Å². The van der Waals surface area contributed by atoms with Crippen LogP contribution in [-0.2, 0) is 11.3 Å². The van der Waals surface area contributed by atoms with Gasteiger partial charge in [-0.1, -0.05) is 30.3 Å². The highest BCUT2D eigenvalue weighted by Crippen LogP contribution is 2.24. The summed E-state index contributed by atoms with van der Waals surface area (Å²) in [7, 11) is 1.97. The van der Waals surface area contributed by atoms with Crippen molar-refractivity contribution in [3.05, 3.63) is 35.9 Å². The van der Waals surface area contributed by atoms with Crippen LogP contribution in [-0.4, -0.2) is 29.9 Å². The smallest absolute Gasteiger partial charge is 0.239 e. The fraction of sp³-hybridized carbons (Fsp3) is 0.417. The van der Waals surface area contributed by atoms with E-state index in [-0.39, 0.29) is 11.9 Å². The van der Waals surface area contributed by atoms with Gasteiger partial charge in [0.05, 0.1) is 0 Å². The van der Waals surface area contributed by atoms with Crippen molar-refractivity contribution in [3.63, 3.8) is 0 Å². The zero-order valence-electron chi connectivity index (χ0n) is 9.10. The van der Waals surface area contributed by atoms with Gasteiger partial charge in [0.15, 0.2) is 0 Å². The standard InChI is InChI=1S/C12H16N2O/c1-9-11(14(9)2)12(15)13-8-10-6-4-3-5-7-10/h3-7,9,11H,8H2,1-2H3,(H,13,15)/t9-,11-,14?/m0/s1. The van der Waals surface area contributed by atoms with Crippen LogP contribution in [0.25, 0.3) is 0 Å². The maximum atomic E-state index is 11.6. The summed E-state index contributed by atoms with van der Waals surface area (Å²) in [5.74, 6) is 0.133. The summed E-state index contributed by atoms with van der Waals surface area (Å²) >= 11 is 0. The lowest BCUT2D eigenvalue weighted by Crippen LogP contribution is -2.29. The summed E-state index contributed by atoms with van der Waals surface area (Å²) in [6.07, 6.45) is 0. The number of nitrogens with one attached hydrogen (secondary N) is 1. The van der Waals surface area contributed by atoms with Crippen molar-refractivity contribution < 1.29 is 4.79 Å². The molecular weight excluding hydrogens is 188 g/mol. The van der Waals surface area contributed by atoms with Gasteiger partial charge in [-0.2, -0.15) is 0 Å². The molecule has 1 heterocycles. The Balaban J connectivity index is 1.82. The van der Waals surface area contributed by atoms with Crippen LogP contribution in [0, 0.1) is 0 Å². The Labute approximate surface area is 90.1 Å². The third kappa shape index (κ3) is 2.18. The Morgan fingerprint density at radius 1 is 1.40 bits per heavy atom. The van der Waals surface area contributed by atoms with E-state index in [1.165, 1.54) is 0 Å². The summed E-state index contributed by atoms with van der Waals surface area (Å²) < 4.78 is 0. The second kappa shape index (κ2) is 4.03. The van der Waals surface area contributed by atoms with Crippen LogP contribution in [0.3, 0.4) is 0 Å². The molecule has 0 aliphatic carbocycles. The number of amides is 1. The van der Waals surface area contributed by atoms with Crippen molar-refractivity contribution in [3.8, 4) is 0 Å². The lowest BCUT2D eigenvalue weighted by Gasteiger charge is -2.03. The van der Waals surface area contributed by atoms with Crippen LogP contribution in [0.1, 0.15) is 12.5 Å². The van der Waals surface area contributed by atoms with Gasteiger partial charge < -0.3 is 5.32 Å². The Kier molecular flexibility index (Phi) is 2.73. The zero-order valence-corrected chi connectivity index (χ0v) is 9.10. The average Bonchev–Trinajstić information content (AvgIpc) is 2.85. The molecule has 15 heavy (non-hydrogen) atoms. The fourth-order valence-corrected chi connectivity index (χ4v) is 1.79. The van der Waals surface area contributed by atoms with Gasteiger partial charge in [0.2, 0.25) is 5.91 Å². The second-order valence-electron chi connectivity index (χ2n) is 4.05. The molecule has 1 fully saturated rings. The molecule has 1 saturated heterocycles. The maximum Gasteiger partial charge on any atom is 0.239 e. The van der Waals surface area contributed by atoms with Crippen molar-refractivity contribution in [1.29, 1.82) is 0 Å². The molecule has 1 unspecified atom stereocenters. The van der Waals surface area contributed by atoms with E-state index in [1.54, 1.807) is 0 Å². The number of rotatable bonds is 3. The second-order valence-corrected chi connectivity index (χ2v) is 4.05. The molecule has 0 bridgehead atoms. The van der Waals surface area contributed by atoms with Gasteiger partial charge in [-0.25, -0.2) is 0 Å². The summed E-state index contributed by atoms with van der Waals surface area (Å²) in [5.41, 5.74) is 1.14. The minimum absolute atomic E-state index is 0.0775. The Morgan fingerprint density at radius 2 is 2.00 bits per heavy atom. The molecule has 3 atom stereocenters. The Bertz CT molecular complexity index is 342. The zero-order chi connectivity index (χ0) is 10.8. The summed E-state index contributed by atoms with van der Waals surface area (Å²) in [6, 6.07) is 10.4. The van der Waals surface area contributed by atoms with Gasteiger partial charge in [-0.15, -0.1) is 0 Å². The first-order valence-corrected chi connectivity index (χ1v) is 5.23. The quantitative estimate of drug-likeness (QED) is 0.745. The predicted octanol–water partition coefficient (Wildman–Crippen LogP) is 1.01. The molecule has 1 aromatic carbocycles. The summed E-state index contributed by atoms with van der Waals surface area (Å²) in [4.78, 5) is 13.7. The number of carbonyl (C=O) groups is 1. The SMILES string of the molecule is C[C@H]1[C@@H](C(=O)NCc2ccccc2)N1C. The molecule has 1 aliphatic heterocycles. The van der Waals surface area contributed by atoms with Crippen LogP contribution in [0.2, 0.25) is 0 Å². The van der Waals surface area contributed by atoms with Crippen LogP contribution >= 0.6 is 0 Å². The number of benzene rings is 1. The fourth-order valence-electron chi connectivity index (χ4n) is 1.79. The van der Waals surface area contributed by atoms with Crippen molar-refractivity contribution in [2.75, 3.05) is 7.05 Å². The van der Waals surface area contributed by atoms with Crippen molar-refractivity contribution in [1.82, 2.24) is 10.2 Å². The first-order valence-electron chi connectivity index (χ1n) is 5.23. The Morgan fingerprint density at radius 3 is 2.53 bits per heavy atom. The highest BCUT2D eigenvalue weighted by molar-refractivity contribution is 5.85. The van der Waals surface area contributed by atoms with E-state index < -0.39 is 0 Å². The van der Waals surface area contributed by atoms with Crippen LogP contribution in [0.5, 0.6) is 0 Å². The van der Waals surface area contributed by atoms with E-state index in [0.717, 1.165) is 5.56 Å². The topological polar surface area (TPSA) is 32.1 Å². The van der Waals surface area contributed by atoms with Crippen molar-refractivity contribution >= 4 is 5.91 Å².